The van der Waals surface area contributed by atoms with Crippen LogP contribution in [-0.4, -0.2) is 11.6 Å². The van der Waals surface area contributed by atoms with Gasteiger partial charge in [0.15, 0.2) is 0 Å². The fourth-order valence-electron chi connectivity index (χ4n) is 2.40. The van der Waals surface area contributed by atoms with Crippen LogP contribution >= 0.6 is 0 Å². The Bertz CT molecular complexity index is 225. The second-order valence-corrected chi connectivity index (χ2v) is 4.74. The van der Waals surface area contributed by atoms with Crippen molar-refractivity contribution in [3.05, 3.63) is 12.7 Å². The molecule has 15 heavy (non-hydrogen) atoms. The van der Waals surface area contributed by atoms with Crippen molar-refractivity contribution in [2.24, 2.45) is 5.92 Å². The Labute approximate surface area is 92.7 Å². The van der Waals surface area contributed by atoms with Crippen LogP contribution in [0.3, 0.4) is 0 Å². The van der Waals surface area contributed by atoms with Crippen molar-refractivity contribution in [3.8, 4) is 0 Å². The van der Waals surface area contributed by atoms with Gasteiger partial charge in [-0.15, -0.1) is 0 Å². The maximum atomic E-state index is 11.3. The highest BCUT2D eigenvalue weighted by Crippen LogP contribution is 2.38. The number of ether oxygens (including phenoxy) is 1. The van der Waals surface area contributed by atoms with Crippen LogP contribution in [0.5, 0.6) is 0 Å². The molecule has 0 aromatic rings. The molecule has 0 saturated heterocycles. The summed E-state index contributed by atoms with van der Waals surface area (Å²) in [5.41, 5.74) is -0.188. The van der Waals surface area contributed by atoms with Crippen LogP contribution in [-0.2, 0) is 9.53 Å². The number of carbonyl (C=O) groups is 1. The minimum Gasteiger partial charge on any atom is -0.456 e. The van der Waals surface area contributed by atoms with E-state index in [1.54, 1.807) is 0 Å². The summed E-state index contributed by atoms with van der Waals surface area (Å²) in [6, 6.07) is 0. The lowest BCUT2D eigenvalue weighted by molar-refractivity contribution is -0.159. The molecule has 0 heterocycles. The van der Waals surface area contributed by atoms with Gasteiger partial charge in [0.1, 0.15) is 5.60 Å². The Morgan fingerprint density at radius 3 is 2.60 bits per heavy atom. The first-order valence-corrected chi connectivity index (χ1v) is 5.97. The maximum absolute atomic E-state index is 11.3. The van der Waals surface area contributed by atoms with Crippen LogP contribution in [0.15, 0.2) is 12.7 Å². The van der Waals surface area contributed by atoms with Gasteiger partial charge in [0.25, 0.3) is 0 Å². The third-order valence-electron chi connectivity index (χ3n) is 3.37. The Balaban J connectivity index is 2.61. The molecule has 0 aliphatic heterocycles. The van der Waals surface area contributed by atoms with Crippen molar-refractivity contribution in [2.45, 2.75) is 58.0 Å². The number of hydrogen-bond donors (Lipinski definition) is 0. The summed E-state index contributed by atoms with van der Waals surface area (Å²) in [6.07, 6.45) is 7.70. The summed E-state index contributed by atoms with van der Waals surface area (Å²) >= 11 is 0. The Morgan fingerprint density at radius 2 is 2.13 bits per heavy atom. The van der Waals surface area contributed by atoms with E-state index in [9.17, 15) is 4.79 Å². The van der Waals surface area contributed by atoms with Gasteiger partial charge in [-0.2, -0.15) is 0 Å². The average Bonchev–Trinajstić information content (AvgIpc) is 2.23. The number of esters is 1. The van der Waals surface area contributed by atoms with Crippen molar-refractivity contribution in [2.75, 3.05) is 0 Å². The molecule has 0 aromatic carbocycles. The van der Waals surface area contributed by atoms with Crippen LogP contribution in [0.1, 0.15) is 52.4 Å². The van der Waals surface area contributed by atoms with Gasteiger partial charge in [-0.25, -0.2) is 4.79 Å². The van der Waals surface area contributed by atoms with Crippen LogP contribution in [0.25, 0.3) is 0 Å². The Hall–Kier alpha value is -0.790. The van der Waals surface area contributed by atoms with Gasteiger partial charge < -0.3 is 4.74 Å². The van der Waals surface area contributed by atoms with E-state index in [0.29, 0.717) is 0 Å². The number of carbonyl (C=O) groups excluding carboxylic acids is 1. The third kappa shape index (κ3) is 3.37. The lowest BCUT2D eigenvalue weighted by Gasteiger charge is -2.38. The van der Waals surface area contributed by atoms with Crippen molar-refractivity contribution < 1.29 is 9.53 Å². The zero-order valence-corrected chi connectivity index (χ0v) is 9.92. The van der Waals surface area contributed by atoms with E-state index in [2.05, 4.69) is 20.4 Å². The normalized spacial score (nSPS) is 30.9. The van der Waals surface area contributed by atoms with Gasteiger partial charge >= 0.3 is 5.97 Å². The molecular formula is C13H22O2. The summed E-state index contributed by atoms with van der Waals surface area (Å²) in [5, 5.41) is 0. The van der Waals surface area contributed by atoms with Crippen molar-refractivity contribution in [3.63, 3.8) is 0 Å². The van der Waals surface area contributed by atoms with E-state index < -0.39 is 0 Å². The van der Waals surface area contributed by atoms with Gasteiger partial charge in [-0.1, -0.05) is 26.8 Å². The van der Waals surface area contributed by atoms with Gasteiger partial charge in [-0.3, -0.25) is 0 Å². The molecular weight excluding hydrogens is 188 g/mol. The summed E-state index contributed by atoms with van der Waals surface area (Å²) in [4.78, 5) is 11.3. The predicted molar refractivity (Wildman–Crippen MR) is 61.6 cm³/mol. The third-order valence-corrected chi connectivity index (χ3v) is 3.37. The highest BCUT2D eigenvalue weighted by atomic mass is 16.6. The molecule has 0 radical (unpaired) electrons. The van der Waals surface area contributed by atoms with E-state index >= 15 is 0 Å². The van der Waals surface area contributed by atoms with Crippen molar-refractivity contribution >= 4 is 5.97 Å². The molecule has 86 valence electrons. The minimum atomic E-state index is -0.266. The summed E-state index contributed by atoms with van der Waals surface area (Å²) in [5.74, 6) is 0.510. The molecule has 2 heteroatoms. The van der Waals surface area contributed by atoms with E-state index in [1.165, 1.54) is 18.9 Å². The summed E-state index contributed by atoms with van der Waals surface area (Å²) in [6.45, 7) is 7.87. The van der Waals surface area contributed by atoms with Gasteiger partial charge in [0.05, 0.1) is 0 Å². The predicted octanol–water partition coefficient (Wildman–Crippen LogP) is 3.46. The van der Waals surface area contributed by atoms with Crippen LogP contribution in [0.2, 0.25) is 0 Å². The Kier molecular flexibility index (Phi) is 4.37. The van der Waals surface area contributed by atoms with E-state index in [0.717, 1.165) is 31.6 Å². The molecule has 1 aliphatic carbocycles. The molecule has 0 spiro atoms. The van der Waals surface area contributed by atoms with E-state index in [4.69, 9.17) is 4.74 Å². The standard InChI is InChI=1S/C13H22O2/c1-4-8-13(15-12(14)5-2)9-6-11(3)7-10-13/h5,11H,2,4,6-10H2,1,3H3. The molecule has 0 N–H and O–H groups in total. The number of rotatable bonds is 4. The highest BCUT2D eigenvalue weighted by Gasteiger charge is 2.36. The lowest BCUT2D eigenvalue weighted by Crippen LogP contribution is -2.38. The molecule has 0 bridgehead atoms. The Morgan fingerprint density at radius 1 is 1.53 bits per heavy atom. The molecule has 1 rings (SSSR count). The molecule has 0 aromatic heterocycles. The molecule has 1 fully saturated rings. The van der Waals surface area contributed by atoms with Crippen LogP contribution in [0, 0.1) is 5.92 Å². The van der Waals surface area contributed by atoms with Gasteiger partial charge in [0.2, 0.25) is 0 Å². The molecule has 1 saturated carbocycles. The summed E-state index contributed by atoms with van der Waals surface area (Å²) in [7, 11) is 0. The highest BCUT2D eigenvalue weighted by molar-refractivity contribution is 5.81. The lowest BCUT2D eigenvalue weighted by atomic mass is 9.77. The second-order valence-electron chi connectivity index (χ2n) is 4.74. The first-order valence-electron chi connectivity index (χ1n) is 5.97. The quantitative estimate of drug-likeness (QED) is 0.524. The van der Waals surface area contributed by atoms with Crippen LogP contribution in [0.4, 0.5) is 0 Å². The summed E-state index contributed by atoms with van der Waals surface area (Å²) < 4.78 is 5.56. The zero-order chi connectivity index (χ0) is 11.3. The van der Waals surface area contributed by atoms with Gasteiger partial charge in [-0.05, 0) is 38.0 Å². The molecule has 0 amide bonds. The first kappa shape index (κ1) is 12.3. The maximum Gasteiger partial charge on any atom is 0.330 e. The first-order chi connectivity index (χ1) is 7.12. The smallest absolute Gasteiger partial charge is 0.330 e. The van der Waals surface area contributed by atoms with E-state index in [1.807, 2.05) is 0 Å². The topological polar surface area (TPSA) is 26.3 Å². The van der Waals surface area contributed by atoms with E-state index in [-0.39, 0.29) is 11.6 Å². The monoisotopic (exact) mass is 210 g/mol. The minimum absolute atomic E-state index is 0.188. The molecule has 1 aliphatic rings. The van der Waals surface area contributed by atoms with Crippen molar-refractivity contribution in [1.29, 1.82) is 0 Å². The molecule has 2 nitrogen and oxygen atoms in total. The molecule has 0 atom stereocenters. The van der Waals surface area contributed by atoms with Gasteiger partial charge in [0, 0.05) is 6.08 Å². The molecule has 0 unspecified atom stereocenters. The number of hydrogen-bond acceptors (Lipinski definition) is 2. The zero-order valence-electron chi connectivity index (χ0n) is 9.92. The van der Waals surface area contributed by atoms with Crippen molar-refractivity contribution in [1.82, 2.24) is 0 Å². The average molecular weight is 210 g/mol. The second kappa shape index (κ2) is 5.34. The fraction of sp³-hybridized carbons (Fsp3) is 0.769. The SMILES string of the molecule is C=CC(=O)OC1(CCC)CCC(C)CC1. The fourth-order valence-corrected chi connectivity index (χ4v) is 2.40. The largest absolute Gasteiger partial charge is 0.456 e. The van der Waals surface area contributed by atoms with Crippen LogP contribution < -0.4 is 0 Å².